The van der Waals surface area contributed by atoms with Gasteiger partial charge in [0.2, 0.25) is 0 Å². The molecule has 0 bridgehead atoms. The maximum atomic E-state index is 14.5. The number of hydrogen-bond acceptors (Lipinski definition) is 2. The molecule has 8 aromatic rings. The van der Waals surface area contributed by atoms with Crippen LogP contribution >= 0.6 is 0 Å². The Balaban J connectivity index is 1.66. The molecule has 192 valence electrons. The largest absolute Gasteiger partial charge is 0.268 e. The van der Waals surface area contributed by atoms with Gasteiger partial charge in [0.25, 0.3) is 11.1 Å². The summed E-state index contributed by atoms with van der Waals surface area (Å²) in [7, 11) is 0. The molecule has 0 aliphatic carbocycles. The molecule has 0 aliphatic heterocycles. The van der Waals surface area contributed by atoms with Crippen molar-refractivity contribution < 1.29 is 0 Å². The quantitative estimate of drug-likeness (QED) is 0.171. The second-order valence-corrected chi connectivity index (χ2v) is 10.4. The first kappa shape index (κ1) is 23.4. The Morgan fingerprint density at radius 1 is 0.366 bits per heavy atom. The van der Waals surface area contributed by atoms with E-state index in [0.717, 1.165) is 54.9 Å². The Kier molecular flexibility index (Phi) is 5.13. The van der Waals surface area contributed by atoms with Crippen molar-refractivity contribution in [2.24, 2.45) is 0 Å². The van der Waals surface area contributed by atoms with Crippen LogP contribution in [-0.4, -0.2) is 4.40 Å². The highest BCUT2D eigenvalue weighted by atomic mass is 16.2. The highest BCUT2D eigenvalue weighted by Gasteiger charge is 2.22. The van der Waals surface area contributed by atoms with Gasteiger partial charge in [0.15, 0.2) is 0 Å². The van der Waals surface area contributed by atoms with E-state index in [4.69, 9.17) is 0 Å². The minimum absolute atomic E-state index is 0.292. The van der Waals surface area contributed by atoms with Crippen molar-refractivity contribution in [3.63, 3.8) is 0 Å². The fraction of sp³-hybridized carbons (Fsp3) is 0. The molecule has 0 saturated heterocycles. The van der Waals surface area contributed by atoms with Crippen LogP contribution in [0.15, 0.2) is 149 Å². The molecule has 0 unspecified atom stereocenters. The van der Waals surface area contributed by atoms with Gasteiger partial charge in [-0.2, -0.15) is 0 Å². The molecule has 41 heavy (non-hydrogen) atoms. The molecule has 0 saturated carbocycles. The molecular formula is C38H23NO2. The second-order valence-electron chi connectivity index (χ2n) is 10.4. The standard InChI is InChI=1S/C38H23NO2/c40-37-34-28(25-14-6-2-7-15-25)18-10-20-30(34)32-22-27(24-12-4-1-5-13-24)23-33-31-21-11-19-29(26-16-8-3-9-17-26)35(31)38(41)39(37)36(32)33/h1-23H. The zero-order chi connectivity index (χ0) is 27.5. The van der Waals surface area contributed by atoms with Gasteiger partial charge in [-0.25, -0.2) is 4.40 Å². The topological polar surface area (TPSA) is 38.5 Å². The summed E-state index contributed by atoms with van der Waals surface area (Å²) in [5.41, 5.74) is 5.71. The number of nitrogens with zero attached hydrogens (tertiary/aromatic N) is 1. The van der Waals surface area contributed by atoms with E-state index < -0.39 is 0 Å². The van der Waals surface area contributed by atoms with E-state index in [2.05, 4.69) is 24.3 Å². The number of benzene rings is 6. The molecule has 8 rings (SSSR count). The average Bonchev–Trinajstić information content (AvgIpc) is 3.05. The first-order valence-corrected chi connectivity index (χ1v) is 13.7. The zero-order valence-corrected chi connectivity index (χ0v) is 22.0. The molecule has 0 atom stereocenters. The summed E-state index contributed by atoms with van der Waals surface area (Å²) in [6.07, 6.45) is 0. The van der Waals surface area contributed by atoms with Gasteiger partial charge in [0, 0.05) is 10.8 Å². The maximum absolute atomic E-state index is 14.5. The first-order valence-electron chi connectivity index (χ1n) is 13.7. The normalized spacial score (nSPS) is 11.6. The lowest BCUT2D eigenvalue weighted by Crippen LogP contribution is -2.28. The third-order valence-electron chi connectivity index (χ3n) is 8.15. The van der Waals surface area contributed by atoms with Crippen molar-refractivity contribution in [2.45, 2.75) is 0 Å². The van der Waals surface area contributed by atoms with Gasteiger partial charge in [-0.3, -0.25) is 9.59 Å². The Morgan fingerprint density at radius 3 is 1.22 bits per heavy atom. The third-order valence-corrected chi connectivity index (χ3v) is 8.15. The molecule has 2 aromatic heterocycles. The van der Waals surface area contributed by atoms with E-state index in [1.54, 1.807) is 0 Å². The summed E-state index contributed by atoms with van der Waals surface area (Å²) >= 11 is 0. The van der Waals surface area contributed by atoms with Crippen LogP contribution in [-0.2, 0) is 0 Å². The monoisotopic (exact) mass is 525 g/mol. The van der Waals surface area contributed by atoms with Gasteiger partial charge < -0.3 is 0 Å². The minimum atomic E-state index is -0.292. The molecular weight excluding hydrogens is 502 g/mol. The Hall–Kier alpha value is -5.54. The number of fused-ring (bicyclic) bond motifs is 4. The third kappa shape index (κ3) is 3.46. The number of aromatic nitrogens is 1. The second kappa shape index (κ2) is 9.00. The van der Waals surface area contributed by atoms with Gasteiger partial charge in [-0.05, 0) is 56.3 Å². The van der Waals surface area contributed by atoms with Gasteiger partial charge in [0.05, 0.1) is 16.3 Å². The smallest absolute Gasteiger partial charge is 0.266 e. The van der Waals surface area contributed by atoms with Crippen molar-refractivity contribution in [3.05, 3.63) is 160 Å². The van der Waals surface area contributed by atoms with Crippen LogP contribution in [0.5, 0.6) is 0 Å². The van der Waals surface area contributed by atoms with Gasteiger partial charge in [0.1, 0.15) is 0 Å². The highest BCUT2D eigenvalue weighted by Crippen LogP contribution is 2.38. The molecule has 0 aliphatic rings. The first-order chi connectivity index (χ1) is 20.2. The summed E-state index contributed by atoms with van der Waals surface area (Å²) in [4.78, 5) is 29.0. The van der Waals surface area contributed by atoms with E-state index in [1.807, 2.05) is 115 Å². The Labute approximate surface area is 235 Å². The molecule has 6 aromatic carbocycles. The van der Waals surface area contributed by atoms with Gasteiger partial charge >= 0.3 is 0 Å². The van der Waals surface area contributed by atoms with Crippen molar-refractivity contribution in [1.82, 2.24) is 4.40 Å². The SMILES string of the molecule is O=c1c2c(-c3ccccc3)cccc2c2cc(-c3ccccc3)cc3c4cccc(-c5ccccc5)c4c(=O)n1c23. The predicted molar refractivity (Wildman–Crippen MR) is 170 cm³/mol. The van der Waals surface area contributed by atoms with E-state index in [0.29, 0.717) is 16.3 Å². The lowest BCUT2D eigenvalue weighted by molar-refractivity contribution is 1.09. The summed E-state index contributed by atoms with van der Waals surface area (Å²) in [6.45, 7) is 0. The molecule has 0 N–H and O–H groups in total. The van der Waals surface area contributed by atoms with Gasteiger partial charge in [-0.1, -0.05) is 127 Å². The molecule has 0 radical (unpaired) electrons. The van der Waals surface area contributed by atoms with E-state index in [1.165, 1.54) is 4.40 Å². The summed E-state index contributed by atoms with van der Waals surface area (Å²) < 4.78 is 1.42. The van der Waals surface area contributed by atoms with E-state index in [-0.39, 0.29) is 11.1 Å². The summed E-state index contributed by atoms with van der Waals surface area (Å²) in [5.74, 6) is 0. The Bertz CT molecular complexity index is 2230. The lowest BCUT2D eigenvalue weighted by Gasteiger charge is -2.17. The van der Waals surface area contributed by atoms with Crippen molar-refractivity contribution >= 4 is 37.8 Å². The van der Waals surface area contributed by atoms with Crippen LogP contribution in [0.4, 0.5) is 0 Å². The highest BCUT2D eigenvalue weighted by molar-refractivity contribution is 6.22. The van der Waals surface area contributed by atoms with Crippen LogP contribution in [0.3, 0.4) is 0 Å². The molecule has 3 nitrogen and oxygen atoms in total. The molecule has 3 heteroatoms. The van der Waals surface area contributed by atoms with Crippen LogP contribution in [0.2, 0.25) is 0 Å². The zero-order valence-electron chi connectivity index (χ0n) is 22.0. The summed E-state index contributed by atoms with van der Waals surface area (Å²) in [6, 6.07) is 46.3. The number of rotatable bonds is 3. The molecule has 0 amide bonds. The van der Waals surface area contributed by atoms with Gasteiger partial charge in [-0.15, -0.1) is 0 Å². The van der Waals surface area contributed by atoms with E-state index in [9.17, 15) is 9.59 Å². The molecule has 2 heterocycles. The van der Waals surface area contributed by atoms with Crippen LogP contribution in [0, 0.1) is 0 Å². The molecule has 0 fully saturated rings. The van der Waals surface area contributed by atoms with E-state index >= 15 is 0 Å². The van der Waals surface area contributed by atoms with Crippen molar-refractivity contribution in [3.8, 4) is 33.4 Å². The summed E-state index contributed by atoms with van der Waals surface area (Å²) in [5, 5.41) is 4.57. The van der Waals surface area contributed by atoms with Crippen molar-refractivity contribution in [2.75, 3.05) is 0 Å². The number of hydrogen-bond donors (Lipinski definition) is 0. The van der Waals surface area contributed by atoms with Crippen LogP contribution in [0.25, 0.3) is 71.2 Å². The van der Waals surface area contributed by atoms with Crippen LogP contribution in [0.1, 0.15) is 0 Å². The Morgan fingerprint density at radius 2 is 0.780 bits per heavy atom. The maximum Gasteiger partial charge on any atom is 0.266 e. The van der Waals surface area contributed by atoms with Crippen LogP contribution < -0.4 is 11.1 Å². The lowest BCUT2D eigenvalue weighted by atomic mass is 9.91. The fourth-order valence-electron chi connectivity index (χ4n) is 6.33. The average molecular weight is 526 g/mol. The molecule has 0 spiro atoms. The minimum Gasteiger partial charge on any atom is -0.268 e. The number of pyridine rings is 2. The fourth-order valence-corrected chi connectivity index (χ4v) is 6.33. The predicted octanol–water partition coefficient (Wildman–Crippen LogP) is 8.56. The van der Waals surface area contributed by atoms with Crippen molar-refractivity contribution in [1.29, 1.82) is 0 Å².